The van der Waals surface area contributed by atoms with Gasteiger partial charge in [-0.15, -0.1) is 0 Å². The van der Waals surface area contributed by atoms with Crippen molar-refractivity contribution in [2.24, 2.45) is 0 Å². The Kier molecular flexibility index (Phi) is 54.5. The molecular formula is C59H117NO5. The molecule has 1 amide bonds. The highest BCUT2D eigenvalue weighted by Gasteiger charge is 2.20. The molecule has 0 aromatic rings. The van der Waals surface area contributed by atoms with Gasteiger partial charge in [0.15, 0.2) is 0 Å². The van der Waals surface area contributed by atoms with Gasteiger partial charge in [-0.1, -0.05) is 303 Å². The molecular weight excluding hydrogens is 803 g/mol. The van der Waals surface area contributed by atoms with E-state index in [1.807, 2.05) is 0 Å². The number of unbranched alkanes of at least 4 members (excludes halogenated alkanes) is 45. The van der Waals surface area contributed by atoms with Gasteiger partial charge in [0, 0.05) is 12.8 Å². The number of rotatable bonds is 56. The molecule has 0 radical (unpaired) electrons. The van der Waals surface area contributed by atoms with E-state index in [2.05, 4.69) is 19.2 Å². The maximum atomic E-state index is 12.5. The van der Waals surface area contributed by atoms with Gasteiger partial charge in [-0.2, -0.15) is 0 Å². The molecule has 0 aliphatic carbocycles. The van der Waals surface area contributed by atoms with Crippen LogP contribution in [0.15, 0.2) is 0 Å². The molecule has 0 saturated heterocycles. The predicted octanol–water partition coefficient (Wildman–Crippen LogP) is 18.3. The molecule has 0 aliphatic rings. The lowest BCUT2D eigenvalue weighted by molar-refractivity contribution is -0.143. The monoisotopic (exact) mass is 920 g/mol. The second kappa shape index (κ2) is 55.5. The zero-order valence-corrected chi connectivity index (χ0v) is 44.3. The molecule has 0 spiro atoms. The molecule has 0 fully saturated rings. The van der Waals surface area contributed by atoms with Crippen molar-refractivity contribution in [3.63, 3.8) is 0 Å². The van der Waals surface area contributed by atoms with Crippen LogP contribution in [-0.4, -0.2) is 47.4 Å². The maximum absolute atomic E-state index is 12.5. The first kappa shape index (κ1) is 63.9. The van der Waals surface area contributed by atoms with Crippen molar-refractivity contribution in [1.82, 2.24) is 5.32 Å². The van der Waals surface area contributed by atoms with Crippen LogP contribution in [-0.2, 0) is 14.3 Å². The van der Waals surface area contributed by atoms with Crippen molar-refractivity contribution in [3.05, 3.63) is 0 Å². The second-order valence-electron chi connectivity index (χ2n) is 20.7. The Balaban J connectivity index is 3.43. The molecule has 0 aromatic heterocycles. The molecule has 6 heteroatoms. The minimum atomic E-state index is -0.674. The number of aliphatic hydroxyl groups excluding tert-OH is 2. The molecule has 0 saturated carbocycles. The van der Waals surface area contributed by atoms with E-state index < -0.39 is 12.1 Å². The molecule has 65 heavy (non-hydrogen) atoms. The lowest BCUT2D eigenvalue weighted by Crippen LogP contribution is -2.45. The van der Waals surface area contributed by atoms with Crippen LogP contribution in [0.25, 0.3) is 0 Å². The quantitative estimate of drug-likeness (QED) is 0.0417. The number of aliphatic hydroxyl groups is 2. The number of carbonyl (C=O) groups is 2. The van der Waals surface area contributed by atoms with Gasteiger partial charge in [0.05, 0.1) is 25.4 Å². The highest BCUT2D eigenvalue weighted by Crippen LogP contribution is 2.18. The Morgan fingerprint density at radius 2 is 0.631 bits per heavy atom. The molecule has 2 atom stereocenters. The third-order valence-electron chi connectivity index (χ3n) is 14.2. The number of hydrogen-bond donors (Lipinski definition) is 3. The van der Waals surface area contributed by atoms with E-state index >= 15 is 0 Å². The first-order chi connectivity index (χ1) is 32.0. The minimum Gasteiger partial charge on any atom is -0.466 e. The highest BCUT2D eigenvalue weighted by atomic mass is 16.5. The Labute approximate surface area is 406 Å². The van der Waals surface area contributed by atoms with E-state index in [0.29, 0.717) is 25.9 Å². The SMILES string of the molecule is CCCCCCCCCCCCCCCCCCCCCCCCCC(O)C(CO)NC(=O)CCCCCCCCCCCCCCOC(=O)CCCCCCCCCCCCCCC. The van der Waals surface area contributed by atoms with Crippen LogP contribution in [0.3, 0.4) is 0 Å². The number of esters is 1. The summed E-state index contributed by atoms with van der Waals surface area (Å²) in [5.41, 5.74) is 0. The Hall–Kier alpha value is -1.14. The highest BCUT2D eigenvalue weighted by molar-refractivity contribution is 5.76. The van der Waals surface area contributed by atoms with Gasteiger partial charge in [0.2, 0.25) is 5.91 Å². The first-order valence-electron chi connectivity index (χ1n) is 29.8. The van der Waals surface area contributed by atoms with E-state index in [9.17, 15) is 19.8 Å². The van der Waals surface area contributed by atoms with Gasteiger partial charge in [0.25, 0.3) is 0 Å². The lowest BCUT2D eigenvalue weighted by Gasteiger charge is -2.22. The van der Waals surface area contributed by atoms with Crippen molar-refractivity contribution in [3.8, 4) is 0 Å². The molecule has 0 rings (SSSR count). The summed E-state index contributed by atoms with van der Waals surface area (Å²) in [7, 11) is 0. The van der Waals surface area contributed by atoms with Gasteiger partial charge in [0.1, 0.15) is 0 Å². The molecule has 388 valence electrons. The predicted molar refractivity (Wildman–Crippen MR) is 283 cm³/mol. The number of carbonyl (C=O) groups excluding carboxylic acids is 2. The molecule has 0 aliphatic heterocycles. The zero-order chi connectivity index (χ0) is 47.2. The normalized spacial score (nSPS) is 12.5. The molecule has 0 bridgehead atoms. The van der Waals surface area contributed by atoms with E-state index in [1.54, 1.807) is 0 Å². The molecule has 0 aromatic carbocycles. The number of hydrogen-bond acceptors (Lipinski definition) is 5. The van der Waals surface area contributed by atoms with Crippen LogP contribution < -0.4 is 5.32 Å². The van der Waals surface area contributed by atoms with Crippen molar-refractivity contribution >= 4 is 11.9 Å². The van der Waals surface area contributed by atoms with Crippen LogP contribution in [0.5, 0.6) is 0 Å². The topological polar surface area (TPSA) is 95.9 Å². The summed E-state index contributed by atoms with van der Waals surface area (Å²) in [6.45, 7) is 4.95. The van der Waals surface area contributed by atoms with Crippen molar-refractivity contribution in [2.45, 2.75) is 353 Å². The fraction of sp³-hybridized carbons (Fsp3) is 0.966. The van der Waals surface area contributed by atoms with Gasteiger partial charge in [-0.25, -0.2) is 0 Å². The van der Waals surface area contributed by atoms with E-state index in [1.165, 1.54) is 250 Å². The summed E-state index contributed by atoms with van der Waals surface area (Å²) in [6.07, 6.45) is 63.8. The lowest BCUT2D eigenvalue weighted by atomic mass is 10.0. The number of nitrogens with one attached hydrogen (secondary N) is 1. The zero-order valence-electron chi connectivity index (χ0n) is 44.3. The van der Waals surface area contributed by atoms with Crippen LogP contribution >= 0.6 is 0 Å². The van der Waals surface area contributed by atoms with Crippen molar-refractivity contribution in [2.75, 3.05) is 13.2 Å². The van der Waals surface area contributed by atoms with E-state index in [4.69, 9.17) is 4.74 Å². The third kappa shape index (κ3) is 52.1. The van der Waals surface area contributed by atoms with E-state index in [-0.39, 0.29) is 18.5 Å². The standard InChI is InChI=1S/C59H117NO5/c1-3-5-7-9-11-13-15-17-18-19-20-21-22-23-24-25-26-28-31-35-39-43-47-51-57(62)56(55-61)60-58(63)52-48-44-40-36-32-29-30-34-38-42-46-50-54-65-59(64)53-49-45-41-37-33-27-16-14-12-10-8-6-4-2/h56-57,61-62H,3-55H2,1-2H3,(H,60,63). The summed E-state index contributed by atoms with van der Waals surface area (Å²) in [4.78, 5) is 24.5. The van der Waals surface area contributed by atoms with Crippen LogP contribution in [0, 0.1) is 0 Å². The average molecular weight is 921 g/mol. The second-order valence-corrected chi connectivity index (χ2v) is 20.7. The summed E-state index contributed by atoms with van der Waals surface area (Å²) >= 11 is 0. The first-order valence-corrected chi connectivity index (χ1v) is 29.8. The fourth-order valence-corrected chi connectivity index (χ4v) is 9.58. The van der Waals surface area contributed by atoms with Crippen LogP contribution in [0.4, 0.5) is 0 Å². The Bertz CT molecular complexity index is 928. The van der Waals surface area contributed by atoms with Gasteiger partial charge in [-0.3, -0.25) is 9.59 Å². The van der Waals surface area contributed by atoms with Crippen LogP contribution in [0.1, 0.15) is 341 Å². The Morgan fingerprint density at radius 1 is 0.369 bits per heavy atom. The van der Waals surface area contributed by atoms with Crippen molar-refractivity contribution in [1.29, 1.82) is 0 Å². The molecule has 3 N–H and O–H groups in total. The molecule has 0 heterocycles. The largest absolute Gasteiger partial charge is 0.466 e. The summed E-state index contributed by atoms with van der Waals surface area (Å²) in [5, 5.41) is 23.4. The fourth-order valence-electron chi connectivity index (χ4n) is 9.58. The average Bonchev–Trinajstić information content (AvgIpc) is 3.31. The number of ether oxygens (including phenoxy) is 1. The molecule has 2 unspecified atom stereocenters. The number of amides is 1. The van der Waals surface area contributed by atoms with Gasteiger partial charge in [-0.05, 0) is 25.7 Å². The van der Waals surface area contributed by atoms with Crippen molar-refractivity contribution < 1.29 is 24.5 Å². The van der Waals surface area contributed by atoms with E-state index in [0.717, 1.165) is 57.8 Å². The summed E-state index contributed by atoms with van der Waals surface area (Å²) in [5.74, 6) is -0.0518. The summed E-state index contributed by atoms with van der Waals surface area (Å²) < 4.78 is 5.47. The summed E-state index contributed by atoms with van der Waals surface area (Å²) in [6, 6.07) is -0.552. The smallest absolute Gasteiger partial charge is 0.305 e. The minimum absolute atomic E-state index is 0.00613. The Morgan fingerprint density at radius 3 is 0.938 bits per heavy atom. The van der Waals surface area contributed by atoms with Gasteiger partial charge < -0.3 is 20.3 Å². The van der Waals surface area contributed by atoms with Gasteiger partial charge >= 0.3 is 5.97 Å². The molecule has 6 nitrogen and oxygen atoms in total. The van der Waals surface area contributed by atoms with Crippen LogP contribution in [0.2, 0.25) is 0 Å². The maximum Gasteiger partial charge on any atom is 0.305 e. The third-order valence-corrected chi connectivity index (χ3v) is 14.2.